The van der Waals surface area contributed by atoms with E-state index in [0.717, 1.165) is 26.1 Å². The van der Waals surface area contributed by atoms with Crippen LogP contribution in [0.25, 0.3) is 0 Å². The van der Waals surface area contributed by atoms with Gasteiger partial charge in [0.2, 0.25) is 0 Å². The second-order valence-corrected chi connectivity index (χ2v) is 5.68. The first-order valence-electron chi connectivity index (χ1n) is 6.49. The Balaban J connectivity index is 2.06. The third kappa shape index (κ3) is 1.34. The maximum Gasteiger partial charge on any atom is 0.0592 e. The smallest absolute Gasteiger partial charge is 0.0592 e. The van der Waals surface area contributed by atoms with E-state index < -0.39 is 0 Å². The van der Waals surface area contributed by atoms with Crippen LogP contribution in [0.1, 0.15) is 30.4 Å². The number of benzene rings is 1. The summed E-state index contributed by atoms with van der Waals surface area (Å²) >= 11 is 0. The van der Waals surface area contributed by atoms with Gasteiger partial charge < -0.3 is 9.84 Å². The number of aliphatic hydroxyl groups excluding tert-OH is 1. The Morgan fingerprint density at radius 2 is 1.94 bits per heavy atom. The van der Waals surface area contributed by atoms with Gasteiger partial charge in [-0.05, 0) is 30.9 Å². The SMILES string of the molecule is Cc1ccccc1C1(C2(CO)CCC2)COC1. The summed E-state index contributed by atoms with van der Waals surface area (Å²) in [6.45, 7) is 4.01. The lowest BCUT2D eigenvalue weighted by Gasteiger charge is -2.60. The number of hydrogen-bond acceptors (Lipinski definition) is 2. The molecule has 0 unspecified atom stereocenters. The molecule has 1 heterocycles. The summed E-state index contributed by atoms with van der Waals surface area (Å²) in [7, 11) is 0. The van der Waals surface area contributed by atoms with Crippen molar-refractivity contribution in [2.45, 2.75) is 31.6 Å². The lowest BCUT2D eigenvalue weighted by molar-refractivity contribution is -0.173. The summed E-state index contributed by atoms with van der Waals surface area (Å²) < 4.78 is 5.52. The van der Waals surface area contributed by atoms with Crippen LogP contribution in [0.4, 0.5) is 0 Å². The zero-order valence-corrected chi connectivity index (χ0v) is 10.4. The molecule has 1 aromatic rings. The predicted octanol–water partition coefficient (Wildman–Crippen LogP) is 2.43. The molecule has 1 saturated carbocycles. The molecule has 2 fully saturated rings. The molecule has 17 heavy (non-hydrogen) atoms. The minimum Gasteiger partial charge on any atom is -0.396 e. The molecule has 0 spiro atoms. The Morgan fingerprint density at radius 3 is 2.35 bits per heavy atom. The van der Waals surface area contributed by atoms with Crippen LogP contribution in [0.3, 0.4) is 0 Å². The molecule has 1 aliphatic carbocycles. The van der Waals surface area contributed by atoms with Crippen LogP contribution in [0.15, 0.2) is 24.3 Å². The first-order chi connectivity index (χ1) is 8.24. The first kappa shape index (κ1) is 11.2. The van der Waals surface area contributed by atoms with Gasteiger partial charge in [0.1, 0.15) is 0 Å². The molecule has 1 N–H and O–H groups in total. The van der Waals surface area contributed by atoms with E-state index in [2.05, 4.69) is 31.2 Å². The summed E-state index contributed by atoms with van der Waals surface area (Å²) in [6.07, 6.45) is 3.52. The van der Waals surface area contributed by atoms with Crippen LogP contribution in [0.2, 0.25) is 0 Å². The Bertz CT molecular complexity index is 411. The second kappa shape index (κ2) is 3.82. The third-order valence-corrected chi connectivity index (χ3v) is 4.99. The number of aryl methyl sites for hydroxylation is 1. The van der Waals surface area contributed by atoms with Crippen molar-refractivity contribution in [2.75, 3.05) is 19.8 Å². The van der Waals surface area contributed by atoms with Gasteiger partial charge in [0.05, 0.1) is 18.6 Å². The van der Waals surface area contributed by atoms with Gasteiger partial charge in [-0.25, -0.2) is 0 Å². The Hall–Kier alpha value is -0.860. The van der Waals surface area contributed by atoms with Gasteiger partial charge in [-0.1, -0.05) is 30.7 Å². The molecule has 0 atom stereocenters. The largest absolute Gasteiger partial charge is 0.396 e. The Labute approximate surface area is 103 Å². The molecule has 2 heteroatoms. The summed E-state index contributed by atoms with van der Waals surface area (Å²) in [5, 5.41) is 9.83. The van der Waals surface area contributed by atoms with Gasteiger partial charge in [-0.15, -0.1) is 0 Å². The molecule has 0 bridgehead atoms. The fourth-order valence-electron chi connectivity index (χ4n) is 3.55. The molecule has 2 aliphatic rings. The molecule has 0 radical (unpaired) electrons. The lowest BCUT2D eigenvalue weighted by atomic mass is 9.49. The van der Waals surface area contributed by atoms with Crippen LogP contribution >= 0.6 is 0 Å². The molecular formula is C15H20O2. The van der Waals surface area contributed by atoms with E-state index >= 15 is 0 Å². The second-order valence-electron chi connectivity index (χ2n) is 5.68. The summed E-state index contributed by atoms with van der Waals surface area (Å²) in [5.41, 5.74) is 2.87. The van der Waals surface area contributed by atoms with Crippen molar-refractivity contribution in [3.05, 3.63) is 35.4 Å². The lowest BCUT2D eigenvalue weighted by Crippen LogP contribution is -2.63. The van der Waals surface area contributed by atoms with Crippen LogP contribution in [0.5, 0.6) is 0 Å². The topological polar surface area (TPSA) is 29.5 Å². The minimum atomic E-state index is 0.0747. The van der Waals surface area contributed by atoms with Gasteiger partial charge in [0.15, 0.2) is 0 Å². The van der Waals surface area contributed by atoms with Crippen molar-refractivity contribution in [3.8, 4) is 0 Å². The van der Waals surface area contributed by atoms with Gasteiger partial charge in [0, 0.05) is 12.0 Å². The average molecular weight is 232 g/mol. The van der Waals surface area contributed by atoms with Crippen molar-refractivity contribution >= 4 is 0 Å². The molecular weight excluding hydrogens is 212 g/mol. The zero-order chi connectivity index (χ0) is 11.9. The van der Waals surface area contributed by atoms with Crippen molar-refractivity contribution in [2.24, 2.45) is 5.41 Å². The highest BCUT2D eigenvalue weighted by Crippen LogP contribution is 2.58. The molecule has 92 valence electrons. The van der Waals surface area contributed by atoms with Crippen LogP contribution in [0, 0.1) is 12.3 Å². The normalized spacial score (nSPS) is 24.8. The third-order valence-electron chi connectivity index (χ3n) is 4.99. The molecule has 2 nitrogen and oxygen atoms in total. The highest BCUT2D eigenvalue weighted by molar-refractivity contribution is 5.39. The quantitative estimate of drug-likeness (QED) is 0.867. The maximum absolute atomic E-state index is 9.83. The first-order valence-corrected chi connectivity index (χ1v) is 6.49. The van der Waals surface area contributed by atoms with E-state index in [1.807, 2.05) is 0 Å². The molecule has 1 aromatic carbocycles. The molecule has 3 rings (SSSR count). The standard InChI is InChI=1S/C15H20O2/c1-12-5-2-3-6-13(12)15(10-17-11-15)14(9-16)7-4-8-14/h2-3,5-6,16H,4,7-11H2,1H3. The van der Waals surface area contributed by atoms with Crippen molar-refractivity contribution in [1.29, 1.82) is 0 Å². The van der Waals surface area contributed by atoms with E-state index in [0.29, 0.717) is 6.61 Å². The van der Waals surface area contributed by atoms with Crippen LogP contribution in [-0.4, -0.2) is 24.9 Å². The van der Waals surface area contributed by atoms with Gasteiger partial charge in [0.25, 0.3) is 0 Å². The zero-order valence-electron chi connectivity index (χ0n) is 10.4. The number of hydrogen-bond donors (Lipinski definition) is 1. The van der Waals surface area contributed by atoms with Crippen molar-refractivity contribution in [3.63, 3.8) is 0 Å². The van der Waals surface area contributed by atoms with E-state index in [9.17, 15) is 5.11 Å². The summed E-state index contributed by atoms with van der Waals surface area (Å²) in [4.78, 5) is 0. The Kier molecular flexibility index (Phi) is 2.53. The van der Waals surface area contributed by atoms with Crippen molar-refractivity contribution in [1.82, 2.24) is 0 Å². The van der Waals surface area contributed by atoms with E-state index in [1.54, 1.807) is 0 Å². The molecule has 0 amide bonds. The highest BCUT2D eigenvalue weighted by atomic mass is 16.5. The van der Waals surface area contributed by atoms with Crippen molar-refractivity contribution < 1.29 is 9.84 Å². The Morgan fingerprint density at radius 1 is 1.24 bits per heavy atom. The molecule has 1 aliphatic heterocycles. The minimum absolute atomic E-state index is 0.0747. The predicted molar refractivity (Wildman–Crippen MR) is 67.0 cm³/mol. The van der Waals surface area contributed by atoms with E-state index in [1.165, 1.54) is 17.5 Å². The van der Waals surface area contributed by atoms with Crippen LogP contribution < -0.4 is 0 Å². The highest BCUT2D eigenvalue weighted by Gasteiger charge is 2.59. The summed E-state index contributed by atoms with van der Waals surface area (Å²) in [5.74, 6) is 0. The van der Waals surface area contributed by atoms with Gasteiger partial charge >= 0.3 is 0 Å². The fourth-order valence-corrected chi connectivity index (χ4v) is 3.55. The fraction of sp³-hybridized carbons (Fsp3) is 0.600. The number of rotatable bonds is 3. The van der Waals surface area contributed by atoms with E-state index in [4.69, 9.17) is 4.74 Å². The summed E-state index contributed by atoms with van der Waals surface area (Å²) in [6, 6.07) is 8.57. The monoisotopic (exact) mass is 232 g/mol. The van der Waals surface area contributed by atoms with Gasteiger partial charge in [-0.2, -0.15) is 0 Å². The maximum atomic E-state index is 9.83. The van der Waals surface area contributed by atoms with Crippen LogP contribution in [-0.2, 0) is 10.2 Å². The van der Waals surface area contributed by atoms with Gasteiger partial charge in [-0.3, -0.25) is 0 Å². The molecule has 0 aromatic heterocycles. The average Bonchev–Trinajstić information content (AvgIpc) is 2.22. The molecule has 1 saturated heterocycles. The van der Waals surface area contributed by atoms with E-state index in [-0.39, 0.29) is 10.8 Å². The number of aliphatic hydroxyl groups is 1. The number of ether oxygens (including phenoxy) is 1.